The number of rotatable bonds is 1. The summed E-state index contributed by atoms with van der Waals surface area (Å²) in [6, 6.07) is 2.24. The number of aryl methyl sites for hydroxylation is 1. The van der Waals surface area contributed by atoms with Crippen LogP contribution in [0.3, 0.4) is 0 Å². The Morgan fingerprint density at radius 2 is 1.91 bits per heavy atom. The first-order valence-electron chi connectivity index (χ1n) is 3.67. The van der Waals surface area contributed by atoms with Crippen LogP contribution < -0.4 is 4.50 Å². The first-order valence-corrected chi connectivity index (χ1v) is 8.37. The lowest BCUT2D eigenvalue weighted by Gasteiger charge is -2.11. The lowest BCUT2D eigenvalue weighted by molar-refractivity contribution is 1.56. The zero-order valence-electron chi connectivity index (χ0n) is 7.36. The predicted octanol–water partition coefficient (Wildman–Crippen LogP) is 3.26. The molecule has 0 bridgehead atoms. The van der Waals surface area contributed by atoms with Crippen LogP contribution in [0.2, 0.25) is 24.0 Å². The Morgan fingerprint density at radius 1 is 1.36 bits per heavy atom. The van der Waals surface area contributed by atoms with Crippen LogP contribution in [0, 0.1) is 6.92 Å². The van der Waals surface area contributed by atoms with Crippen molar-refractivity contribution in [1.29, 1.82) is 0 Å². The van der Waals surface area contributed by atoms with Gasteiger partial charge in [-0.05, 0) is 23.1 Å². The van der Waals surface area contributed by atoms with Gasteiger partial charge in [0, 0.05) is 0 Å². The van der Waals surface area contributed by atoms with E-state index in [4.69, 9.17) is 11.6 Å². The van der Waals surface area contributed by atoms with Crippen molar-refractivity contribution in [1.82, 2.24) is 0 Å². The van der Waals surface area contributed by atoms with Gasteiger partial charge < -0.3 is 0 Å². The first kappa shape index (κ1) is 9.30. The van der Waals surface area contributed by atoms with Gasteiger partial charge in [-0.3, -0.25) is 0 Å². The zero-order valence-corrected chi connectivity index (χ0v) is 9.94. The van der Waals surface area contributed by atoms with Crippen LogP contribution in [-0.2, 0) is 0 Å². The van der Waals surface area contributed by atoms with Crippen LogP contribution in [0.25, 0.3) is 0 Å². The number of hydrogen-bond donors (Lipinski definition) is 0. The normalized spacial score (nSPS) is 12.1. The van der Waals surface area contributed by atoms with E-state index in [2.05, 4.69) is 32.6 Å². The van der Waals surface area contributed by atoms with Crippen LogP contribution >= 0.6 is 22.9 Å². The van der Waals surface area contributed by atoms with E-state index < -0.39 is 8.07 Å². The maximum absolute atomic E-state index is 5.98. The third-order valence-corrected chi connectivity index (χ3v) is 6.73. The van der Waals surface area contributed by atoms with Crippen molar-refractivity contribution >= 4 is 35.5 Å². The molecule has 0 amide bonds. The van der Waals surface area contributed by atoms with Gasteiger partial charge in [-0.25, -0.2) is 0 Å². The van der Waals surface area contributed by atoms with Gasteiger partial charge in [-0.1, -0.05) is 31.2 Å². The summed E-state index contributed by atoms with van der Waals surface area (Å²) in [5, 5.41) is 0. The first-order chi connectivity index (χ1) is 4.91. The monoisotopic (exact) mass is 204 g/mol. The third kappa shape index (κ3) is 2.07. The summed E-state index contributed by atoms with van der Waals surface area (Å²) in [6.07, 6.45) is 0. The molecule has 0 spiro atoms. The summed E-state index contributed by atoms with van der Waals surface area (Å²) in [5.41, 5.74) is 1.23. The van der Waals surface area contributed by atoms with E-state index in [1.807, 2.05) is 0 Å². The minimum absolute atomic E-state index is 0.961. The molecule has 1 rings (SSSR count). The molecule has 0 aromatic carbocycles. The van der Waals surface area contributed by atoms with E-state index in [9.17, 15) is 0 Å². The van der Waals surface area contributed by atoms with Crippen molar-refractivity contribution in [3.8, 4) is 0 Å². The molecular formula is C8H13ClSSi. The Balaban J connectivity index is 3.08. The highest BCUT2D eigenvalue weighted by Crippen LogP contribution is 2.22. The van der Waals surface area contributed by atoms with E-state index in [1.54, 1.807) is 11.3 Å². The molecule has 3 heteroatoms. The van der Waals surface area contributed by atoms with Gasteiger partial charge in [0.25, 0.3) is 0 Å². The molecule has 0 saturated carbocycles. The molecule has 0 aliphatic heterocycles. The number of thiophene rings is 1. The SMILES string of the molecule is Cc1cc([Si](C)(C)C)sc1Cl. The van der Waals surface area contributed by atoms with Crippen molar-refractivity contribution in [3.63, 3.8) is 0 Å². The molecule has 0 nitrogen and oxygen atoms in total. The molecule has 0 aliphatic carbocycles. The molecule has 1 aromatic heterocycles. The molecule has 1 heterocycles. The number of hydrogen-bond acceptors (Lipinski definition) is 1. The highest BCUT2D eigenvalue weighted by Gasteiger charge is 2.19. The molecule has 0 fully saturated rings. The second kappa shape index (κ2) is 2.92. The molecule has 62 valence electrons. The van der Waals surface area contributed by atoms with Gasteiger partial charge in [0.1, 0.15) is 0 Å². The minimum Gasteiger partial charge on any atom is -0.133 e. The molecule has 11 heavy (non-hydrogen) atoms. The summed E-state index contributed by atoms with van der Waals surface area (Å²) in [4.78, 5) is 0. The standard InChI is InChI=1S/C8H13ClSSi/c1-6-5-7(10-8(6)9)11(2,3)4/h5H,1-4H3. The fraction of sp³-hybridized carbons (Fsp3) is 0.500. The Hall–Kier alpha value is 0.207. The van der Waals surface area contributed by atoms with Crippen LogP contribution in [0.4, 0.5) is 0 Å². The highest BCUT2D eigenvalue weighted by molar-refractivity contribution is 7.29. The zero-order chi connectivity index (χ0) is 8.65. The van der Waals surface area contributed by atoms with Crippen LogP contribution in [0.1, 0.15) is 5.56 Å². The summed E-state index contributed by atoms with van der Waals surface area (Å²) < 4.78 is 2.46. The summed E-state index contributed by atoms with van der Waals surface area (Å²) >= 11 is 7.72. The third-order valence-electron chi connectivity index (χ3n) is 1.60. The van der Waals surface area contributed by atoms with E-state index in [0.717, 1.165) is 4.34 Å². The van der Waals surface area contributed by atoms with Crippen molar-refractivity contribution < 1.29 is 0 Å². The van der Waals surface area contributed by atoms with Gasteiger partial charge in [-0.2, -0.15) is 0 Å². The van der Waals surface area contributed by atoms with Gasteiger partial charge in [0.2, 0.25) is 0 Å². The molecular weight excluding hydrogens is 192 g/mol. The van der Waals surface area contributed by atoms with Gasteiger partial charge in [0.15, 0.2) is 0 Å². The predicted molar refractivity (Wildman–Crippen MR) is 57.0 cm³/mol. The van der Waals surface area contributed by atoms with Crippen LogP contribution in [0.15, 0.2) is 6.07 Å². The number of halogens is 1. The van der Waals surface area contributed by atoms with E-state index in [-0.39, 0.29) is 0 Å². The van der Waals surface area contributed by atoms with E-state index >= 15 is 0 Å². The molecule has 0 N–H and O–H groups in total. The lowest BCUT2D eigenvalue weighted by atomic mass is 10.4. The topological polar surface area (TPSA) is 0 Å². The molecule has 0 radical (unpaired) electrons. The summed E-state index contributed by atoms with van der Waals surface area (Å²) in [5.74, 6) is 0. The molecule has 0 atom stereocenters. The second-order valence-corrected chi connectivity index (χ2v) is 10.9. The maximum Gasteiger partial charge on any atom is 0.0956 e. The minimum atomic E-state index is -1.11. The molecule has 0 saturated heterocycles. The van der Waals surface area contributed by atoms with E-state index in [0.29, 0.717) is 0 Å². The fourth-order valence-corrected chi connectivity index (χ4v) is 4.16. The van der Waals surface area contributed by atoms with Gasteiger partial charge in [0.05, 0.1) is 12.4 Å². The van der Waals surface area contributed by atoms with E-state index in [1.165, 1.54) is 10.1 Å². The molecule has 1 aromatic rings. The maximum atomic E-state index is 5.98. The largest absolute Gasteiger partial charge is 0.133 e. The Morgan fingerprint density at radius 3 is 2.09 bits per heavy atom. The Kier molecular flexibility index (Phi) is 2.47. The molecule has 0 unspecified atom stereocenters. The van der Waals surface area contributed by atoms with Crippen molar-refractivity contribution in [3.05, 3.63) is 16.0 Å². The molecule has 0 aliphatic rings. The smallest absolute Gasteiger partial charge is 0.0956 e. The van der Waals surface area contributed by atoms with Crippen LogP contribution in [0.5, 0.6) is 0 Å². The van der Waals surface area contributed by atoms with Crippen molar-refractivity contribution in [2.24, 2.45) is 0 Å². The van der Waals surface area contributed by atoms with Gasteiger partial charge >= 0.3 is 0 Å². The second-order valence-electron chi connectivity index (χ2n) is 3.82. The summed E-state index contributed by atoms with van der Waals surface area (Å²) in [6.45, 7) is 9.10. The lowest BCUT2D eigenvalue weighted by Crippen LogP contribution is -2.34. The average molecular weight is 205 g/mol. The fourth-order valence-electron chi connectivity index (χ4n) is 0.829. The Bertz CT molecular complexity index is 240. The quantitative estimate of drug-likeness (QED) is 0.617. The average Bonchev–Trinajstić information content (AvgIpc) is 2.11. The van der Waals surface area contributed by atoms with Crippen molar-refractivity contribution in [2.45, 2.75) is 26.6 Å². The Labute approximate surface area is 78.2 Å². The van der Waals surface area contributed by atoms with Crippen molar-refractivity contribution in [2.75, 3.05) is 0 Å². The summed E-state index contributed by atoms with van der Waals surface area (Å²) in [7, 11) is -1.11. The van der Waals surface area contributed by atoms with Gasteiger partial charge in [-0.15, -0.1) is 11.3 Å². The van der Waals surface area contributed by atoms with Crippen LogP contribution in [-0.4, -0.2) is 8.07 Å². The highest BCUT2D eigenvalue weighted by atomic mass is 35.5.